The third-order valence-electron chi connectivity index (χ3n) is 6.75. The quantitative estimate of drug-likeness (QED) is 0.0442. The molecule has 254 valence electrons. The number of rotatable bonds is 19. The molecule has 2 aromatic carbocycles. The van der Waals surface area contributed by atoms with Crippen molar-refractivity contribution >= 4 is 41.5 Å². The fraction of sp³-hybridized carbons (Fsp3) is 0.387. The van der Waals surface area contributed by atoms with E-state index in [0.717, 1.165) is 5.56 Å². The van der Waals surface area contributed by atoms with Crippen LogP contribution in [0.15, 0.2) is 65.7 Å². The van der Waals surface area contributed by atoms with Gasteiger partial charge in [-0.1, -0.05) is 60.7 Å². The average molecular weight is 654 g/mol. The van der Waals surface area contributed by atoms with Crippen molar-refractivity contribution in [3.05, 3.63) is 71.8 Å². The van der Waals surface area contributed by atoms with Gasteiger partial charge in [0.1, 0.15) is 18.1 Å². The van der Waals surface area contributed by atoms with E-state index in [1.807, 2.05) is 30.3 Å². The highest BCUT2D eigenvalue weighted by atomic mass is 16.4. The van der Waals surface area contributed by atoms with Crippen molar-refractivity contribution in [1.29, 1.82) is 0 Å². The van der Waals surface area contributed by atoms with Crippen molar-refractivity contribution in [2.45, 2.75) is 56.8 Å². The van der Waals surface area contributed by atoms with Gasteiger partial charge in [-0.15, -0.1) is 0 Å². The number of benzene rings is 2. The molecule has 0 bridgehead atoms. The summed E-state index contributed by atoms with van der Waals surface area (Å²) in [6.07, 6.45) is 0.669. The zero-order valence-electron chi connectivity index (χ0n) is 26.1. The first kappa shape index (κ1) is 37.7. The molecule has 0 aliphatic heterocycles. The summed E-state index contributed by atoms with van der Waals surface area (Å²) in [5, 5.41) is 21.6. The maximum Gasteiger partial charge on any atom is 0.326 e. The monoisotopic (exact) mass is 653 g/mol. The molecule has 0 heterocycles. The molecule has 2 aromatic rings. The normalized spacial score (nSPS) is 13.1. The minimum atomic E-state index is -1.27. The molecule has 47 heavy (non-hydrogen) atoms. The average Bonchev–Trinajstić information content (AvgIpc) is 3.04. The predicted molar refractivity (Wildman–Crippen MR) is 173 cm³/mol. The largest absolute Gasteiger partial charge is 0.480 e. The number of guanidine groups is 1. The van der Waals surface area contributed by atoms with Crippen LogP contribution in [0, 0.1) is 0 Å². The van der Waals surface area contributed by atoms with E-state index in [9.17, 15) is 33.9 Å². The molecule has 0 fully saturated rings. The summed E-state index contributed by atoms with van der Waals surface area (Å²) in [5.74, 6) is -4.76. The van der Waals surface area contributed by atoms with E-state index >= 15 is 0 Å². The van der Waals surface area contributed by atoms with E-state index in [1.165, 1.54) is 6.92 Å². The summed E-state index contributed by atoms with van der Waals surface area (Å²) in [5.41, 5.74) is 18.0. The predicted octanol–water partition coefficient (Wildman–Crippen LogP) is -2.36. The van der Waals surface area contributed by atoms with Crippen LogP contribution in [0.25, 0.3) is 0 Å². The molecule has 0 unspecified atom stereocenters. The van der Waals surface area contributed by atoms with E-state index in [4.69, 9.17) is 17.2 Å². The van der Waals surface area contributed by atoms with Crippen LogP contribution in [0.5, 0.6) is 0 Å². The van der Waals surface area contributed by atoms with Crippen molar-refractivity contribution in [3.8, 4) is 0 Å². The lowest BCUT2D eigenvalue weighted by atomic mass is 10.1. The zero-order chi connectivity index (χ0) is 34.8. The Hall–Kier alpha value is -5.51. The Morgan fingerprint density at radius 1 is 0.723 bits per heavy atom. The van der Waals surface area contributed by atoms with Crippen molar-refractivity contribution < 1.29 is 33.9 Å². The van der Waals surface area contributed by atoms with Crippen LogP contribution < -0.4 is 43.8 Å². The highest BCUT2D eigenvalue weighted by Gasteiger charge is 2.25. The Kier molecular flexibility index (Phi) is 15.9. The molecule has 2 rings (SSSR count). The molecule has 0 saturated heterocycles. The van der Waals surface area contributed by atoms with Crippen molar-refractivity contribution in [2.24, 2.45) is 22.2 Å². The summed E-state index contributed by atoms with van der Waals surface area (Å²) in [4.78, 5) is 78.6. The van der Waals surface area contributed by atoms with E-state index in [0.29, 0.717) is 5.56 Å². The second-order valence-electron chi connectivity index (χ2n) is 10.7. The van der Waals surface area contributed by atoms with Gasteiger partial charge in [0, 0.05) is 13.0 Å². The Labute approximate surface area is 272 Å². The first-order valence-electron chi connectivity index (χ1n) is 14.9. The number of carbonyl (C=O) groups excluding carboxylic acids is 5. The molecular formula is C31H43N9O7. The number of hydrogen-bond acceptors (Lipinski definition) is 8. The van der Waals surface area contributed by atoms with Gasteiger partial charge in [0.15, 0.2) is 5.96 Å². The Morgan fingerprint density at radius 2 is 1.23 bits per heavy atom. The first-order valence-corrected chi connectivity index (χ1v) is 14.9. The Bertz CT molecular complexity index is 1390. The molecule has 5 amide bonds. The van der Waals surface area contributed by atoms with Gasteiger partial charge in [0.2, 0.25) is 29.5 Å². The number of aliphatic imine (C=N–C) groups is 1. The number of amides is 5. The lowest BCUT2D eigenvalue weighted by Gasteiger charge is -2.20. The smallest absolute Gasteiger partial charge is 0.326 e. The highest BCUT2D eigenvalue weighted by Crippen LogP contribution is 2.05. The van der Waals surface area contributed by atoms with E-state index in [-0.39, 0.29) is 38.2 Å². The fourth-order valence-corrected chi connectivity index (χ4v) is 4.27. The van der Waals surface area contributed by atoms with Crippen molar-refractivity contribution in [2.75, 3.05) is 19.6 Å². The second-order valence-corrected chi connectivity index (χ2v) is 10.7. The number of carboxylic acid groups (broad SMARTS) is 1. The number of nitrogens with two attached hydrogens (primary N) is 3. The molecule has 4 atom stereocenters. The number of nitrogens with zero attached hydrogens (tertiary/aromatic N) is 1. The van der Waals surface area contributed by atoms with Gasteiger partial charge >= 0.3 is 5.97 Å². The van der Waals surface area contributed by atoms with Crippen LogP contribution in [-0.2, 0) is 41.6 Å². The van der Waals surface area contributed by atoms with Gasteiger partial charge in [-0.2, -0.15) is 0 Å². The summed E-state index contributed by atoms with van der Waals surface area (Å²) in [6, 6.07) is 13.7. The maximum absolute atomic E-state index is 13.0. The van der Waals surface area contributed by atoms with Crippen LogP contribution in [0.2, 0.25) is 0 Å². The number of carboxylic acids is 1. The SMILES string of the molecule is C[C@H](NC(=O)[C@@H](N)Cc1ccccc1)C(=O)NCC(=O)N[C@@H](Cc1ccccc1)C(=O)NCC(=O)N[C@@H](CCCN=C(N)N)C(=O)O. The van der Waals surface area contributed by atoms with E-state index in [2.05, 4.69) is 31.6 Å². The number of carbonyl (C=O) groups is 6. The van der Waals surface area contributed by atoms with Gasteiger partial charge in [-0.25, -0.2) is 4.79 Å². The molecule has 16 nitrogen and oxygen atoms in total. The molecular weight excluding hydrogens is 610 g/mol. The lowest BCUT2D eigenvalue weighted by molar-refractivity contribution is -0.142. The first-order chi connectivity index (χ1) is 22.3. The molecule has 12 N–H and O–H groups in total. The number of nitrogens with one attached hydrogen (secondary N) is 5. The molecule has 0 saturated carbocycles. The third-order valence-corrected chi connectivity index (χ3v) is 6.75. The molecule has 0 aliphatic rings. The summed E-state index contributed by atoms with van der Waals surface area (Å²) in [7, 11) is 0. The standard InChI is InChI=1S/C31H43N9O7/c1-19(38-28(44)22(32)15-20-9-4-2-5-10-20)27(43)36-17-26(42)40-24(16-21-11-6-3-7-12-21)29(45)37-18-25(41)39-23(30(46)47)13-8-14-35-31(33)34/h2-7,9-12,19,22-24H,8,13-18,32H2,1H3,(H,36,43)(H,37,45)(H,38,44)(H,39,41)(H,40,42)(H,46,47)(H4,33,34,35)/t19-,22-,23-,24-/m0/s1. The second kappa shape index (κ2) is 19.8. The van der Waals surface area contributed by atoms with Gasteiger partial charge in [0.05, 0.1) is 19.1 Å². The molecule has 0 spiro atoms. The van der Waals surface area contributed by atoms with Crippen LogP contribution in [-0.4, -0.2) is 90.4 Å². The lowest BCUT2D eigenvalue weighted by Crippen LogP contribution is -2.54. The summed E-state index contributed by atoms with van der Waals surface area (Å²) < 4.78 is 0. The van der Waals surface area contributed by atoms with Crippen LogP contribution in [0.3, 0.4) is 0 Å². The van der Waals surface area contributed by atoms with Crippen LogP contribution in [0.4, 0.5) is 0 Å². The van der Waals surface area contributed by atoms with Gasteiger partial charge < -0.3 is 48.9 Å². The minimum absolute atomic E-state index is 0.0486. The molecule has 0 aromatic heterocycles. The van der Waals surface area contributed by atoms with Gasteiger partial charge in [-0.05, 0) is 37.3 Å². The number of hydrogen-bond donors (Lipinski definition) is 9. The minimum Gasteiger partial charge on any atom is -0.480 e. The van der Waals surface area contributed by atoms with Crippen LogP contribution >= 0.6 is 0 Å². The van der Waals surface area contributed by atoms with Crippen molar-refractivity contribution in [3.63, 3.8) is 0 Å². The number of aliphatic carboxylic acids is 1. The highest BCUT2D eigenvalue weighted by molar-refractivity contribution is 5.94. The third kappa shape index (κ3) is 14.9. The van der Waals surface area contributed by atoms with Gasteiger partial charge in [0.25, 0.3) is 0 Å². The maximum atomic E-state index is 13.0. The Morgan fingerprint density at radius 3 is 1.77 bits per heavy atom. The fourth-order valence-electron chi connectivity index (χ4n) is 4.27. The van der Waals surface area contributed by atoms with Crippen molar-refractivity contribution in [1.82, 2.24) is 26.6 Å². The van der Waals surface area contributed by atoms with Crippen LogP contribution in [0.1, 0.15) is 30.9 Å². The summed E-state index contributed by atoms with van der Waals surface area (Å²) >= 11 is 0. The van der Waals surface area contributed by atoms with E-state index in [1.54, 1.807) is 30.3 Å². The summed E-state index contributed by atoms with van der Waals surface area (Å²) in [6.45, 7) is 0.554. The molecule has 0 radical (unpaired) electrons. The van der Waals surface area contributed by atoms with E-state index < -0.39 is 72.8 Å². The zero-order valence-corrected chi connectivity index (χ0v) is 26.1. The Balaban J connectivity index is 1.90. The van der Waals surface area contributed by atoms with Gasteiger partial charge in [-0.3, -0.25) is 29.0 Å². The molecule has 0 aliphatic carbocycles. The topological polar surface area (TPSA) is 273 Å². The molecule has 16 heteroatoms.